The fourth-order valence-electron chi connectivity index (χ4n) is 1.09. The standard InChI is InChI=1S/C12H16O3S/c1-10(2)12(13)8-9-16(14,15)11-6-4-3-5-7-11/h3-10,12-13H,1-2H3/b9-8+. The maximum Gasteiger partial charge on any atom is 0.199 e. The highest BCUT2D eigenvalue weighted by Gasteiger charge is 2.11. The molecule has 88 valence electrons. The number of hydrogen-bond donors (Lipinski definition) is 1. The van der Waals surface area contributed by atoms with E-state index >= 15 is 0 Å². The largest absolute Gasteiger partial charge is 0.389 e. The minimum absolute atomic E-state index is 0.00206. The van der Waals surface area contributed by atoms with Gasteiger partial charge in [0, 0.05) is 5.41 Å². The van der Waals surface area contributed by atoms with E-state index in [4.69, 9.17) is 0 Å². The summed E-state index contributed by atoms with van der Waals surface area (Å²) in [6, 6.07) is 8.15. The second-order valence-electron chi connectivity index (χ2n) is 3.92. The Morgan fingerprint density at radius 3 is 2.25 bits per heavy atom. The van der Waals surface area contributed by atoms with E-state index in [0.29, 0.717) is 0 Å². The molecule has 0 saturated carbocycles. The number of rotatable bonds is 4. The molecule has 0 aliphatic heterocycles. The van der Waals surface area contributed by atoms with E-state index in [1.165, 1.54) is 18.2 Å². The minimum Gasteiger partial charge on any atom is -0.389 e. The zero-order valence-electron chi connectivity index (χ0n) is 9.37. The Hall–Kier alpha value is -1.13. The summed E-state index contributed by atoms with van der Waals surface area (Å²) in [6.07, 6.45) is 0.575. The molecule has 0 heterocycles. The van der Waals surface area contributed by atoms with Crippen LogP contribution < -0.4 is 0 Å². The van der Waals surface area contributed by atoms with Gasteiger partial charge in [-0.2, -0.15) is 0 Å². The van der Waals surface area contributed by atoms with Crippen LogP contribution in [0.25, 0.3) is 0 Å². The average Bonchev–Trinajstić information content (AvgIpc) is 2.27. The predicted molar refractivity (Wildman–Crippen MR) is 63.6 cm³/mol. The van der Waals surface area contributed by atoms with Crippen LogP contribution in [0.1, 0.15) is 13.8 Å². The first kappa shape index (κ1) is 12.9. The molecule has 1 aromatic carbocycles. The topological polar surface area (TPSA) is 54.4 Å². The van der Waals surface area contributed by atoms with E-state index in [-0.39, 0.29) is 10.8 Å². The monoisotopic (exact) mass is 240 g/mol. The van der Waals surface area contributed by atoms with Gasteiger partial charge < -0.3 is 5.11 Å². The zero-order valence-corrected chi connectivity index (χ0v) is 10.2. The SMILES string of the molecule is CC(C)C(O)/C=C/S(=O)(=O)c1ccccc1. The lowest BCUT2D eigenvalue weighted by molar-refractivity contribution is 0.172. The van der Waals surface area contributed by atoms with Crippen molar-refractivity contribution in [1.82, 2.24) is 0 Å². The molecule has 1 aromatic rings. The molecule has 0 spiro atoms. The Morgan fingerprint density at radius 2 is 1.75 bits per heavy atom. The lowest BCUT2D eigenvalue weighted by Crippen LogP contribution is -2.11. The summed E-state index contributed by atoms with van der Waals surface area (Å²) in [6.45, 7) is 3.65. The number of hydrogen-bond acceptors (Lipinski definition) is 3. The van der Waals surface area contributed by atoms with Crippen molar-refractivity contribution in [2.45, 2.75) is 24.8 Å². The molecular formula is C12H16O3S. The van der Waals surface area contributed by atoms with Gasteiger partial charge in [0.25, 0.3) is 0 Å². The molecule has 0 bridgehead atoms. The van der Waals surface area contributed by atoms with Crippen LogP contribution in [0.5, 0.6) is 0 Å². The fourth-order valence-corrected chi connectivity index (χ4v) is 2.16. The molecule has 1 atom stereocenters. The third kappa shape index (κ3) is 3.47. The van der Waals surface area contributed by atoms with Gasteiger partial charge >= 0.3 is 0 Å². The zero-order chi connectivity index (χ0) is 12.2. The van der Waals surface area contributed by atoms with E-state index in [9.17, 15) is 13.5 Å². The molecular weight excluding hydrogens is 224 g/mol. The summed E-state index contributed by atoms with van der Waals surface area (Å²) in [5, 5.41) is 10.5. The quantitative estimate of drug-likeness (QED) is 0.875. The summed E-state index contributed by atoms with van der Waals surface area (Å²) in [4.78, 5) is 0.238. The van der Waals surface area contributed by atoms with Crippen LogP contribution in [0, 0.1) is 5.92 Å². The van der Waals surface area contributed by atoms with Gasteiger partial charge in [-0.3, -0.25) is 0 Å². The summed E-state index contributed by atoms with van der Waals surface area (Å²) in [5.74, 6) is 0.00206. The smallest absolute Gasteiger partial charge is 0.199 e. The predicted octanol–water partition coefficient (Wildman–Crippen LogP) is 1.99. The molecule has 0 saturated heterocycles. The van der Waals surface area contributed by atoms with Gasteiger partial charge in [-0.25, -0.2) is 8.42 Å². The first-order chi connectivity index (χ1) is 7.43. The van der Waals surface area contributed by atoms with Crippen molar-refractivity contribution in [3.05, 3.63) is 41.8 Å². The summed E-state index contributed by atoms with van der Waals surface area (Å²) in [7, 11) is -3.43. The highest BCUT2D eigenvalue weighted by molar-refractivity contribution is 7.94. The van der Waals surface area contributed by atoms with Crippen LogP contribution in [-0.2, 0) is 9.84 Å². The van der Waals surface area contributed by atoms with Gasteiger partial charge in [-0.1, -0.05) is 32.0 Å². The van der Waals surface area contributed by atoms with Crippen molar-refractivity contribution in [2.24, 2.45) is 5.92 Å². The Kier molecular flexibility index (Phi) is 4.26. The Morgan fingerprint density at radius 1 is 1.19 bits per heavy atom. The van der Waals surface area contributed by atoms with Gasteiger partial charge in [0.1, 0.15) is 0 Å². The van der Waals surface area contributed by atoms with Gasteiger partial charge in [0.05, 0.1) is 11.0 Å². The van der Waals surface area contributed by atoms with Crippen molar-refractivity contribution >= 4 is 9.84 Å². The molecule has 0 aromatic heterocycles. The number of benzene rings is 1. The Labute approximate surface area is 96.4 Å². The van der Waals surface area contributed by atoms with Crippen molar-refractivity contribution in [3.63, 3.8) is 0 Å². The Balaban J connectivity index is 2.89. The molecule has 0 aliphatic rings. The molecule has 16 heavy (non-hydrogen) atoms. The normalized spacial score (nSPS) is 14.5. The van der Waals surface area contributed by atoms with Crippen molar-refractivity contribution in [2.75, 3.05) is 0 Å². The molecule has 0 fully saturated rings. The van der Waals surface area contributed by atoms with Gasteiger partial charge in [0.2, 0.25) is 0 Å². The minimum atomic E-state index is -3.43. The first-order valence-electron chi connectivity index (χ1n) is 5.10. The lowest BCUT2D eigenvalue weighted by Gasteiger charge is -2.08. The van der Waals surface area contributed by atoms with Crippen molar-refractivity contribution in [3.8, 4) is 0 Å². The van der Waals surface area contributed by atoms with Gasteiger partial charge in [0.15, 0.2) is 9.84 Å². The summed E-state index contributed by atoms with van der Waals surface area (Å²) < 4.78 is 23.5. The van der Waals surface area contributed by atoms with Crippen LogP contribution in [0.2, 0.25) is 0 Å². The van der Waals surface area contributed by atoms with Crippen LogP contribution in [0.15, 0.2) is 46.7 Å². The fraction of sp³-hybridized carbons (Fsp3) is 0.333. The van der Waals surface area contributed by atoms with E-state index < -0.39 is 15.9 Å². The highest BCUT2D eigenvalue weighted by Crippen LogP contribution is 2.12. The van der Waals surface area contributed by atoms with E-state index in [1.54, 1.807) is 18.2 Å². The molecule has 0 amide bonds. The lowest BCUT2D eigenvalue weighted by atomic mass is 10.1. The van der Waals surface area contributed by atoms with E-state index in [1.807, 2.05) is 13.8 Å². The van der Waals surface area contributed by atoms with Crippen LogP contribution >= 0.6 is 0 Å². The maximum absolute atomic E-state index is 11.8. The third-order valence-corrected chi connectivity index (χ3v) is 3.65. The average molecular weight is 240 g/mol. The second kappa shape index (κ2) is 5.27. The van der Waals surface area contributed by atoms with Crippen molar-refractivity contribution < 1.29 is 13.5 Å². The summed E-state index contributed by atoms with van der Waals surface area (Å²) >= 11 is 0. The highest BCUT2D eigenvalue weighted by atomic mass is 32.2. The first-order valence-corrected chi connectivity index (χ1v) is 6.64. The van der Waals surface area contributed by atoms with Gasteiger partial charge in [-0.05, 0) is 24.1 Å². The van der Waals surface area contributed by atoms with Crippen LogP contribution in [0.3, 0.4) is 0 Å². The molecule has 1 N–H and O–H groups in total. The number of sulfone groups is 1. The molecule has 3 nitrogen and oxygen atoms in total. The van der Waals surface area contributed by atoms with E-state index in [0.717, 1.165) is 5.41 Å². The molecule has 0 radical (unpaired) electrons. The number of aliphatic hydroxyl groups excluding tert-OH is 1. The Bertz CT molecular complexity index is 446. The third-order valence-electron chi connectivity index (χ3n) is 2.21. The molecule has 1 unspecified atom stereocenters. The summed E-state index contributed by atoms with van der Waals surface area (Å²) in [5.41, 5.74) is 0. The molecule has 1 rings (SSSR count). The maximum atomic E-state index is 11.8. The van der Waals surface area contributed by atoms with Crippen LogP contribution in [-0.4, -0.2) is 19.6 Å². The number of aliphatic hydroxyl groups is 1. The van der Waals surface area contributed by atoms with Gasteiger partial charge in [-0.15, -0.1) is 0 Å². The molecule has 0 aliphatic carbocycles. The van der Waals surface area contributed by atoms with E-state index in [2.05, 4.69) is 0 Å². The van der Waals surface area contributed by atoms with Crippen molar-refractivity contribution in [1.29, 1.82) is 0 Å². The second-order valence-corrected chi connectivity index (χ2v) is 5.75. The van der Waals surface area contributed by atoms with Crippen LogP contribution in [0.4, 0.5) is 0 Å². The molecule has 4 heteroatoms.